The van der Waals surface area contributed by atoms with Gasteiger partial charge in [-0.2, -0.15) is 0 Å². The predicted octanol–water partition coefficient (Wildman–Crippen LogP) is 4.52. The van der Waals surface area contributed by atoms with Gasteiger partial charge in [0.1, 0.15) is 17.7 Å². The van der Waals surface area contributed by atoms with Gasteiger partial charge in [0.15, 0.2) is 11.6 Å². The third kappa shape index (κ3) is 5.43. The second-order valence-corrected chi connectivity index (χ2v) is 7.18. The van der Waals surface area contributed by atoms with Crippen molar-refractivity contribution in [2.24, 2.45) is 0 Å². The second-order valence-electron chi connectivity index (χ2n) is 6.81. The number of urea groups is 1. The number of benzene rings is 2. The molecule has 1 aromatic heterocycles. The number of hydrogen-bond acceptors (Lipinski definition) is 5. The van der Waals surface area contributed by atoms with Gasteiger partial charge in [0, 0.05) is 29.6 Å². The molecule has 168 valence electrons. The van der Waals surface area contributed by atoms with Gasteiger partial charge in [0.2, 0.25) is 0 Å². The number of aliphatic hydroxyl groups excluding tert-OH is 1. The van der Waals surface area contributed by atoms with Crippen molar-refractivity contribution in [2.75, 3.05) is 24.2 Å². The molecule has 1 heterocycles. The number of carbonyl (C=O) groups is 1. The first-order chi connectivity index (χ1) is 15.3. The second kappa shape index (κ2) is 10.3. The van der Waals surface area contributed by atoms with Crippen LogP contribution in [0.4, 0.5) is 25.1 Å². The average Bonchev–Trinajstić information content (AvgIpc) is 2.77. The molecule has 2 aromatic carbocycles. The fourth-order valence-corrected chi connectivity index (χ4v) is 3.27. The summed E-state index contributed by atoms with van der Waals surface area (Å²) in [5, 5.41) is 13.5. The monoisotopic (exact) mass is 462 g/mol. The lowest BCUT2D eigenvalue weighted by Gasteiger charge is -2.19. The third-order valence-electron chi connectivity index (χ3n) is 4.54. The number of aliphatic hydroxyl groups is 1. The molecule has 3 rings (SSSR count). The molecule has 0 saturated carbocycles. The lowest BCUT2D eigenvalue weighted by Crippen LogP contribution is -2.30. The van der Waals surface area contributed by atoms with E-state index in [-0.39, 0.29) is 35.3 Å². The number of aromatic nitrogens is 1. The maximum Gasteiger partial charge on any atom is 0.319 e. The van der Waals surface area contributed by atoms with Gasteiger partial charge >= 0.3 is 6.03 Å². The van der Waals surface area contributed by atoms with Gasteiger partial charge in [-0.3, -0.25) is 0 Å². The molecule has 2 amide bonds. The fraction of sp³-hybridized carbons (Fsp3) is 0.182. The summed E-state index contributed by atoms with van der Waals surface area (Å²) in [4.78, 5) is 15.8. The molecule has 0 radical (unpaired) electrons. The zero-order valence-electron chi connectivity index (χ0n) is 17.0. The predicted molar refractivity (Wildman–Crippen MR) is 119 cm³/mol. The van der Waals surface area contributed by atoms with E-state index < -0.39 is 23.8 Å². The third-order valence-corrected chi connectivity index (χ3v) is 4.93. The van der Waals surface area contributed by atoms with Crippen molar-refractivity contribution in [3.8, 4) is 16.9 Å². The lowest BCUT2D eigenvalue weighted by molar-refractivity contribution is 0.221. The van der Waals surface area contributed by atoms with Crippen molar-refractivity contribution in [3.05, 3.63) is 70.9 Å². The zero-order chi connectivity index (χ0) is 23.3. The number of carbonyl (C=O) groups excluding carboxylic acids is 1. The number of nitrogens with two attached hydrogens (primary N) is 1. The van der Waals surface area contributed by atoms with E-state index in [1.165, 1.54) is 6.92 Å². The van der Waals surface area contributed by atoms with Gasteiger partial charge in [-0.1, -0.05) is 23.7 Å². The number of nitrogens with zero attached hydrogens (tertiary/aromatic N) is 1. The Balaban J connectivity index is 1.79. The van der Waals surface area contributed by atoms with Crippen molar-refractivity contribution >= 4 is 29.1 Å². The van der Waals surface area contributed by atoms with Crippen LogP contribution in [0.3, 0.4) is 0 Å². The molecule has 0 spiro atoms. The van der Waals surface area contributed by atoms with Crippen LogP contribution in [0.1, 0.15) is 18.6 Å². The molecule has 0 aliphatic heterocycles. The molecule has 0 aliphatic carbocycles. The molecule has 0 saturated heterocycles. The Hall–Kier alpha value is -3.43. The molecule has 5 N–H and O–H groups in total. The summed E-state index contributed by atoms with van der Waals surface area (Å²) in [5.74, 6) is -1.19. The van der Waals surface area contributed by atoms with Gasteiger partial charge in [0.05, 0.1) is 11.6 Å². The van der Waals surface area contributed by atoms with E-state index in [4.69, 9.17) is 27.2 Å². The van der Waals surface area contributed by atoms with E-state index in [0.29, 0.717) is 11.3 Å². The van der Waals surface area contributed by atoms with E-state index in [2.05, 4.69) is 15.6 Å². The highest BCUT2D eigenvalue weighted by Crippen LogP contribution is 2.34. The fourth-order valence-electron chi connectivity index (χ4n) is 2.96. The average molecular weight is 463 g/mol. The Kier molecular flexibility index (Phi) is 7.45. The zero-order valence-corrected chi connectivity index (χ0v) is 17.8. The maximum absolute atomic E-state index is 14.2. The number of nitrogens with one attached hydrogen (secondary N) is 2. The van der Waals surface area contributed by atoms with E-state index in [9.17, 15) is 13.6 Å². The van der Waals surface area contributed by atoms with E-state index in [1.54, 1.807) is 36.5 Å². The Bertz CT molecular complexity index is 1110. The Morgan fingerprint density at radius 1 is 1.19 bits per heavy atom. The minimum atomic E-state index is -0.929. The maximum atomic E-state index is 14.2. The van der Waals surface area contributed by atoms with Crippen LogP contribution in [0.25, 0.3) is 11.1 Å². The van der Waals surface area contributed by atoms with Crippen LogP contribution in [0.5, 0.6) is 5.75 Å². The standard InChI is InChI=1S/C22H21ClF2N4O3/c1-12(19-16(24)6-7-17(25)20(19)23)32-18-10-14(11-28-21(18)26)13-2-4-15(5-3-13)29-22(31)27-8-9-30/h2-7,10-12,30H,8-9H2,1H3,(H2,26,28)(H2,27,29,31). The number of nitrogen functional groups attached to an aromatic ring is 1. The van der Waals surface area contributed by atoms with Gasteiger partial charge in [0.25, 0.3) is 0 Å². The van der Waals surface area contributed by atoms with Crippen LogP contribution >= 0.6 is 11.6 Å². The van der Waals surface area contributed by atoms with Crippen molar-refractivity contribution in [1.29, 1.82) is 0 Å². The van der Waals surface area contributed by atoms with Crippen molar-refractivity contribution < 1.29 is 23.4 Å². The van der Waals surface area contributed by atoms with Gasteiger partial charge in [-0.15, -0.1) is 0 Å². The van der Waals surface area contributed by atoms with E-state index in [1.807, 2.05) is 0 Å². The summed E-state index contributed by atoms with van der Waals surface area (Å²) in [5.41, 5.74) is 7.75. The van der Waals surface area contributed by atoms with Crippen LogP contribution in [0.15, 0.2) is 48.7 Å². The Labute approximate surface area is 188 Å². The number of anilines is 2. The lowest BCUT2D eigenvalue weighted by atomic mass is 10.1. The number of amides is 2. The molecule has 10 heteroatoms. The number of halogens is 3. The topological polar surface area (TPSA) is 110 Å². The first-order valence-corrected chi connectivity index (χ1v) is 9.99. The summed E-state index contributed by atoms with van der Waals surface area (Å²) in [7, 11) is 0. The summed E-state index contributed by atoms with van der Waals surface area (Å²) < 4.78 is 33.7. The first kappa shape index (κ1) is 23.2. The summed E-state index contributed by atoms with van der Waals surface area (Å²) in [6, 6.07) is 10.0. The van der Waals surface area contributed by atoms with Crippen LogP contribution in [-0.2, 0) is 0 Å². The highest BCUT2D eigenvalue weighted by Gasteiger charge is 2.21. The van der Waals surface area contributed by atoms with Crippen LogP contribution in [-0.4, -0.2) is 29.3 Å². The molecule has 7 nitrogen and oxygen atoms in total. The highest BCUT2D eigenvalue weighted by molar-refractivity contribution is 6.31. The summed E-state index contributed by atoms with van der Waals surface area (Å²) >= 11 is 5.92. The Morgan fingerprint density at radius 2 is 1.88 bits per heavy atom. The molecule has 0 fully saturated rings. The highest BCUT2D eigenvalue weighted by atomic mass is 35.5. The molecule has 32 heavy (non-hydrogen) atoms. The van der Waals surface area contributed by atoms with Crippen molar-refractivity contribution in [1.82, 2.24) is 10.3 Å². The van der Waals surface area contributed by atoms with E-state index >= 15 is 0 Å². The molecule has 1 atom stereocenters. The van der Waals surface area contributed by atoms with Crippen LogP contribution in [0, 0.1) is 11.6 Å². The summed E-state index contributed by atoms with van der Waals surface area (Å²) in [6.07, 6.45) is 0.612. The first-order valence-electron chi connectivity index (χ1n) is 9.62. The normalized spacial score (nSPS) is 11.7. The van der Waals surface area contributed by atoms with E-state index in [0.717, 1.165) is 17.7 Å². The minimum Gasteiger partial charge on any atom is -0.482 e. The number of ether oxygens (including phenoxy) is 1. The molecule has 0 aliphatic rings. The smallest absolute Gasteiger partial charge is 0.319 e. The number of pyridine rings is 1. The van der Waals surface area contributed by atoms with Crippen molar-refractivity contribution in [2.45, 2.75) is 13.0 Å². The van der Waals surface area contributed by atoms with Crippen LogP contribution in [0.2, 0.25) is 5.02 Å². The largest absolute Gasteiger partial charge is 0.482 e. The molecule has 1 unspecified atom stereocenters. The number of rotatable bonds is 7. The molecular formula is C22H21ClF2N4O3. The van der Waals surface area contributed by atoms with Crippen molar-refractivity contribution in [3.63, 3.8) is 0 Å². The summed E-state index contributed by atoms with van der Waals surface area (Å²) in [6.45, 7) is 1.52. The van der Waals surface area contributed by atoms with Crippen LogP contribution < -0.4 is 21.1 Å². The molecular weight excluding hydrogens is 442 g/mol. The quantitative estimate of drug-likeness (QED) is 0.386. The number of hydrogen-bond donors (Lipinski definition) is 4. The SMILES string of the molecule is CC(Oc1cc(-c2ccc(NC(=O)NCCO)cc2)cnc1N)c1c(F)ccc(F)c1Cl. The Morgan fingerprint density at radius 3 is 2.56 bits per heavy atom. The molecule has 3 aromatic rings. The molecule has 0 bridgehead atoms. The van der Waals surface area contributed by atoms with Gasteiger partial charge < -0.3 is 26.2 Å². The minimum absolute atomic E-state index is 0.0763. The van der Waals surface area contributed by atoms with Gasteiger partial charge in [-0.25, -0.2) is 18.6 Å². The van der Waals surface area contributed by atoms with Gasteiger partial charge in [-0.05, 0) is 42.8 Å².